The first-order chi connectivity index (χ1) is 11.0. The summed E-state index contributed by atoms with van der Waals surface area (Å²) >= 11 is 0. The average Bonchev–Trinajstić information content (AvgIpc) is 2.70. The van der Waals surface area contributed by atoms with Crippen LogP contribution in [0, 0.1) is 5.92 Å². The van der Waals surface area contributed by atoms with Gasteiger partial charge in [-0.25, -0.2) is 0 Å². The van der Waals surface area contributed by atoms with Gasteiger partial charge in [-0.2, -0.15) is 5.10 Å². The van der Waals surface area contributed by atoms with Crippen LogP contribution in [0.15, 0.2) is 6.20 Å². The van der Waals surface area contributed by atoms with Crippen LogP contribution in [-0.2, 0) is 13.6 Å². The number of hydrogen-bond acceptors (Lipinski definition) is 3. The normalized spacial score (nSPS) is 18.6. The fourth-order valence-electron chi connectivity index (χ4n) is 3.75. The van der Waals surface area contributed by atoms with E-state index in [1.165, 1.54) is 50.0 Å². The molecule has 1 saturated heterocycles. The number of likely N-dealkylation sites (tertiary alicyclic amines) is 1. The van der Waals surface area contributed by atoms with Crippen LogP contribution in [0.4, 0.5) is 0 Å². The third-order valence-corrected chi connectivity index (χ3v) is 5.03. The van der Waals surface area contributed by atoms with E-state index in [1.807, 2.05) is 11.7 Å². The molecule has 1 N–H and O–H groups in total. The number of rotatable bonds is 7. The van der Waals surface area contributed by atoms with E-state index in [-0.39, 0.29) is 0 Å². The maximum atomic E-state index is 4.61. The van der Waals surface area contributed by atoms with Crippen molar-refractivity contribution in [2.45, 2.75) is 71.9 Å². The highest BCUT2D eigenvalue weighted by Crippen LogP contribution is 2.19. The van der Waals surface area contributed by atoms with E-state index in [2.05, 4.69) is 49.2 Å². The van der Waals surface area contributed by atoms with Gasteiger partial charge < -0.3 is 5.32 Å². The highest BCUT2D eigenvalue weighted by atomic mass is 15.3. The molecular formula is C19H36N4. The Morgan fingerprint density at radius 1 is 1.09 bits per heavy atom. The van der Waals surface area contributed by atoms with E-state index in [0.29, 0.717) is 17.9 Å². The smallest absolute Gasteiger partial charge is 0.0694 e. The molecule has 1 aliphatic rings. The molecule has 0 radical (unpaired) electrons. The van der Waals surface area contributed by atoms with E-state index in [1.54, 1.807) is 0 Å². The molecule has 2 heterocycles. The van der Waals surface area contributed by atoms with Crippen LogP contribution in [0.25, 0.3) is 0 Å². The van der Waals surface area contributed by atoms with Crippen molar-refractivity contribution in [3.05, 3.63) is 17.5 Å². The first-order valence-electron chi connectivity index (χ1n) is 9.46. The zero-order chi connectivity index (χ0) is 16.8. The lowest BCUT2D eigenvalue weighted by Gasteiger charge is -2.34. The monoisotopic (exact) mass is 320 g/mol. The van der Waals surface area contributed by atoms with Gasteiger partial charge in [-0.05, 0) is 37.8 Å². The minimum atomic E-state index is 0.486. The van der Waals surface area contributed by atoms with Crippen molar-refractivity contribution in [1.82, 2.24) is 20.0 Å². The predicted molar refractivity (Wildman–Crippen MR) is 97.7 cm³/mol. The number of nitrogens with zero attached hydrogens (tertiary/aromatic N) is 3. The number of aryl methyl sites for hydroxylation is 1. The summed E-state index contributed by atoms with van der Waals surface area (Å²) in [5.74, 6) is 1.18. The summed E-state index contributed by atoms with van der Waals surface area (Å²) in [5, 5.41) is 8.33. The largest absolute Gasteiger partial charge is 0.311 e. The van der Waals surface area contributed by atoms with Crippen LogP contribution in [0.3, 0.4) is 0 Å². The third kappa shape index (κ3) is 5.32. The highest BCUT2D eigenvalue weighted by Gasteiger charge is 2.22. The van der Waals surface area contributed by atoms with Gasteiger partial charge in [-0.1, -0.05) is 40.5 Å². The minimum Gasteiger partial charge on any atom is -0.311 e. The van der Waals surface area contributed by atoms with Gasteiger partial charge in [0, 0.05) is 37.9 Å². The third-order valence-electron chi connectivity index (χ3n) is 5.03. The van der Waals surface area contributed by atoms with E-state index in [0.717, 1.165) is 13.1 Å². The molecule has 1 fully saturated rings. The summed E-state index contributed by atoms with van der Waals surface area (Å²) in [5.41, 5.74) is 2.58. The van der Waals surface area contributed by atoms with E-state index < -0.39 is 0 Å². The van der Waals surface area contributed by atoms with Gasteiger partial charge in [0.25, 0.3) is 0 Å². The Hall–Kier alpha value is -0.870. The Morgan fingerprint density at radius 3 is 2.30 bits per heavy atom. The molecule has 1 aromatic rings. The zero-order valence-corrected chi connectivity index (χ0v) is 15.8. The first-order valence-corrected chi connectivity index (χ1v) is 9.46. The molecule has 4 nitrogen and oxygen atoms in total. The van der Waals surface area contributed by atoms with Crippen molar-refractivity contribution in [3.63, 3.8) is 0 Å². The summed E-state index contributed by atoms with van der Waals surface area (Å²) in [6.45, 7) is 13.7. The Balaban J connectivity index is 1.91. The van der Waals surface area contributed by atoms with Crippen LogP contribution in [0.5, 0.6) is 0 Å². The van der Waals surface area contributed by atoms with E-state index >= 15 is 0 Å². The standard InChI is InChI=1S/C19H36N4/c1-15(2)18(23-10-8-6-7-9-11-23)13-20-12-17-14-22(5)21-19(17)16(3)4/h14-16,18,20H,6-13H2,1-5H3. The molecule has 0 spiro atoms. The second-order valence-electron chi connectivity index (χ2n) is 7.76. The molecule has 0 aliphatic carbocycles. The average molecular weight is 321 g/mol. The molecule has 4 heteroatoms. The summed E-state index contributed by atoms with van der Waals surface area (Å²) < 4.78 is 1.95. The number of aromatic nitrogens is 2. The molecule has 1 aromatic heterocycles. The van der Waals surface area contributed by atoms with Crippen LogP contribution >= 0.6 is 0 Å². The Kier molecular flexibility index (Phi) is 7.09. The van der Waals surface area contributed by atoms with Crippen LogP contribution in [-0.4, -0.2) is 40.4 Å². The minimum absolute atomic E-state index is 0.486. The fraction of sp³-hybridized carbons (Fsp3) is 0.842. The van der Waals surface area contributed by atoms with Crippen molar-refractivity contribution in [2.24, 2.45) is 13.0 Å². The van der Waals surface area contributed by atoms with Gasteiger partial charge in [-0.3, -0.25) is 9.58 Å². The van der Waals surface area contributed by atoms with Gasteiger partial charge in [0.05, 0.1) is 5.69 Å². The topological polar surface area (TPSA) is 33.1 Å². The van der Waals surface area contributed by atoms with Crippen molar-refractivity contribution < 1.29 is 0 Å². The Morgan fingerprint density at radius 2 is 1.74 bits per heavy atom. The molecule has 1 unspecified atom stereocenters. The Bertz CT molecular complexity index is 456. The van der Waals surface area contributed by atoms with Gasteiger partial charge in [0.1, 0.15) is 0 Å². The molecule has 132 valence electrons. The molecule has 1 atom stereocenters. The second-order valence-corrected chi connectivity index (χ2v) is 7.76. The second kappa shape index (κ2) is 8.84. The van der Waals surface area contributed by atoms with E-state index in [4.69, 9.17) is 0 Å². The maximum absolute atomic E-state index is 4.61. The summed E-state index contributed by atoms with van der Waals surface area (Å²) in [6.07, 6.45) is 7.70. The summed E-state index contributed by atoms with van der Waals surface area (Å²) in [6, 6.07) is 0.646. The summed E-state index contributed by atoms with van der Waals surface area (Å²) in [4.78, 5) is 2.72. The van der Waals surface area contributed by atoms with Gasteiger partial charge in [-0.15, -0.1) is 0 Å². The van der Waals surface area contributed by atoms with Gasteiger partial charge >= 0.3 is 0 Å². The molecular weight excluding hydrogens is 284 g/mol. The molecule has 0 saturated carbocycles. The molecule has 0 aromatic carbocycles. The lowest BCUT2D eigenvalue weighted by molar-refractivity contribution is 0.156. The zero-order valence-electron chi connectivity index (χ0n) is 15.8. The first kappa shape index (κ1) is 18.5. The van der Waals surface area contributed by atoms with Crippen molar-refractivity contribution in [2.75, 3.05) is 19.6 Å². The van der Waals surface area contributed by atoms with Crippen molar-refractivity contribution in [3.8, 4) is 0 Å². The highest BCUT2D eigenvalue weighted by molar-refractivity contribution is 5.19. The lowest BCUT2D eigenvalue weighted by atomic mass is 10.0. The van der Waals surface area contributed by atoms with Crippen molar-refractivity contribution in [1.29, 1.82) is 0 Å². The van der Waals surface area contributed by atoms with Crippen LogP contribution in [0.1, 0.15) is 70.6 Å². The predicted octanol–water partition coefficient (Wildman–Crippen LogP) is 3.53. The molecule has 1 aliphatic heterocycles. The van der Waals surface area contributed by atoms with Crippen molar-refractivity contribution >= 4 is 0 Å². The van der Waals surface area contributed by atoms with Crippen LogP contribution < -0.4 is 5.32 Å². The molecule has 2 rings (SSSR count). The molecule has 0 amide bonds. The maximum Gasteiger partial charge on any atom is 0.0694 e. The lowest BCUT2D eigenvalue weighted by Crippen LogP contribution is -2.46. The van der Waals surface area contributed by atoms with Crippen LogP contribution in [0.2, 0.25) is 0 Å². The Labute approximate surface area is 142 Å². The molecule has 0 bridgehead atoms. The van der Waals surface area contributed by atoms with Gasteiger partial charge in [0.15, 0.2) is 0 Å². The summed E-state index contributed by atoms with van der Waals surface area (Å²) in [7, 11) is 2.02. The fourth-order valence-corrected chi connectivity index (χ4v) is 3.75. The number of hydrogen-bond donors (Lipinski definition) is 1. The quantitative estimate of drug-likeness (QED) is 0.834. The molecule has 23 heavy (non-hydrogen) atoms. The number of nitrogens with one attached hydrogen (secondary N) is 1. The van der Waals surface area contributed by atoms with E-state index in [9.17, 15) is 0 Å². The van der Waals surface area contributed by atoms with Gasteiger partial charge in [0.2, 0.25) is 0 Å². The SMILES string of the molecule is CC(C)c1nn(C)cc1CNCC(C(C)C)N1CCCCCC1.